The summed E-state index contributed by atoms with van der Waals surface area (Å²) in [6.45, 7) is 2.81. The molecule has 2 aliphatic heterocycles. The second-order valence-electron chi connectivity index (χ2n) is 7.93. The summed E-state index contributed by atoms with van der Waals surface area (Å²) >= 11 is 0. The Labute approximate surface area is 177 Å². The van der Waals surface area contributed by atoms with Crippen molar-refractivity contribution < 1.29 is 27.4 Å². The zero-order valence-corrected chi connectivity index (χ0v) is 17.2. The lowest BCUT2D eigenvalue weighted by molar-refractivity contribution is -0.137. The maximum Gasteiger partial charge on any atom is 0.416 e. The third-order valence-corrected chi connectivity index (χ3v) is 5.96. The van der Waals surface area contributed by atoms with Crippen molar-refractivity contribution >= 4 is 22.6 Å². The van der Waals surface area contributed by atoms with E-state index in [4.69, 9.17) is 9.47 Å². The fourth-order valence-corrected chi connectivity index (χ4v) is 4.28. The van der Waals surface area contributed by atoms with Crippen LogP contribution in [0.15, 0.2) is 18.2 Å². The number of benzene rings is 1. The van der Waals surface area contributed by atoms with Gasteiger partial charge in [-0.25, -0.2) is 0 Å². The Morgan fingerprint density at radius 3 is 2.81 bits per heavy atom. The van der Waals surface area contributed by atoms with E-state index in [1.54, 1.807) is 7.11 Å². The van der Waals surface area contributed by atoms with Gasteiger partial charge in [-0.15, -0.1) is 0 Å². The Balaban J connectivity index is 1.35. The average Bonchev–Trinajstić information content (AvgIpc) is 3.35. The number of rotatable bonds is 6. The van der Waals surface area contributed by atoms with Crippen LogP contribution in [0.4, 0.5) is 19.0 Å². The van der Waals surface area contributed by atoms with Crippen molar-refractivity contribution in [3.8, 4) is 0 Å². The van der Waals surface area contributed by atoms with E-state index in [0.717, 1.165) is 44.7 Å². The molecule has 2 saturated heterocycles. The standard InChI is InChI=1S/C20H26F3N5O3/c1-30-17-11-28(13-4-6-31-7-5-13)10-16(17)25-18(29)9-24-19-14-8-12(20(21,22)23)2-3-15(14)26-27-19/h2-3,8,13,16-17H,4-7,9-11H2,1H3,(H,25,29)(H2,24,26,27)/t16-,17-/m0/s1. The van der Waals surface area contributed by atoms with Crippen molar-refractivity contribution in [2.45, 2.75) is 37.2 Å². The van der Waals surface area contributed by atoms with E-state index in [1.807, 2.05) is 0 Å². The number of H-pyrrole nitrogens is 1. The normalized spacial score (nSPS) is 23.4. The highest BCUT2D eigenvalue weighted by Crippen LogP contribution is 2.32. The predicted octanol–water partition coefficient (Wildman–Crippen LogP) is 1.99. The number of amides is 1. The van der Waals surface area contributed by atoms with Crippen LogP contribution in [0.3, 0.4) is 0 Å². The summed E-state index contributed by atoms with van der Waals surface area (Å²) in [4.78, 5) is 14.8. The van der Waals surface area contributed by atoms with Gasteiger partial charge in [0.05, 0.1) is 29.8 Å². The van der Waals surface area contributed by atoms with E-state index >= 15 is 0 Å². The Hall–Kier alpha value is -2.37. The first-order valence-corrected chi connectivity index (χ1v) is 10.3. The first-order valence-electron chi connectivity index (χ1n) is 10.3. The lowest BCUT2D eigenvalue weighted by atomic mass is 10.1. The molecular weight excluding hydrogens is 415 g/mol. The van der Waals surface area contributed by atoms with Gasteiger partial charge in [0, 0.05) is 44.8 Å². The van der Waals surface area contributed by atoms with Crippen LogP contribution in [0.5, 0.6) is 0 Å². The van der Waals surface area contributed by atoms with E-state index in [-0.39, 0.29) is 35.8 Å². The van der Waals surface area contributed by atoms with Gasteiger partial charge in [-0.05, 0) is 31.0 Å². The van der Waals surface area contributed by atoms with E-state index < -0.39 is 11.7 Å². The second kappa shape index (κ2) is 9.01. The molecule has 2 aromatic rings. The number of aromatic nitrogens is 2. The third-order valence-electron chi connectivity index (χ3n) is 5.96. The van der Waals surface area contributed by atoms with Crippen molar-refractivity contribution in [3.05, 3.63) is 23.8 Å². The molecule has 0 aliphatic carbocycles. The van der Waals surface area contributed by atoms with Crippen LogP contribution < -0.4 is 10.6 Å². The Kier molecular flexibility index (Phi) is 6.35. The smallest absolute Gasteiger partial charge is 0.381 e. The molecule has 0 bridgehead atoms. The molecule has 4 rings (SSSR count). The first kappa shape index (κ1) is 21.8. The van der Waals surface area contributed by atoms with E-state index in [9.17, 15) is 18.0 Å². The summed E-state index contributed by atoms with van der Waals surface area (Å²) in [5.74, 6) is -0.0706. The zero-order valence-electron chi connectivity index (χ0n) is 17.2. The van der Waals surface area contributed by atoms with Crippen LogP contribution in [0.1, 0.15) is 18.4 Å². The fourth-order valence-electron chi connectivity index (χ4n) is 4.28. The summed E-state index contributed by atoms with van der Waals surface area (Å²) in [6.07, 6.45) is -2.64. The summed E-state index contributed by atoms with van der Waals surface area (Å²) in [5.41, 5.74) is -0.311. The molecule has 3 heterocycles. The second-order valence-corrected chi connectivity index (χ2v) is 7.93. The fraction of sp³-hybridized carbons (Fsp3) is 0.600. The number of ether oxygens (including phenoxy) is 2. The molecule has 0 radical (unpaired) electrons. The number of alkyl halides is 3. The molecule has 8 nitrogen and oxygen atoms in total. The molecule has 3 N–H and O–H groups in total. The number of nitrogens with one attached hydrogen (secondary N) is 3. The highest BCUT2D eigenvalue weighted by molar-refractivity contribution is 5.92. The highest BCUT2D eigenvalue weighted by Gasteiger charge is 2.37. The number of nitrogens with zero attached hydrogens (tertiary/aromatic N) is 2. The zero-order chi connectivity index (χ0) is 22.0. The SMILES string of the molecule is CO[C@H]1CN(C2CCOCC2)C[C@@H]1NC(=O)CNc1n[nH]c2ccc(C(F)(F)F)cc12. The molecule has 170 valence electrons. The van der Waals surface area contributed by atoms with Crippen LogP contribution in [-0.2, 0) is 20.4 Å². The number of likely N-dealkylation sites (tertiary alicyclic amines) is 1. The molecule has 2 atom stereocenters. The summed E-state index contributed by atoms with van der Waals surface area (Å²) in [7, 11) is 1.63. The van der Waals surface area contributed by atoms with Gasteiger partial charge in [0.15, 0.2) is 5.82 Å². The topological polar surface area (TPSA) is 91.5 Å². The molecule has 11 heteroatoms. The van der Waals surface area contributed by atoms with Crippen molar-refractivity contribution in [1.29, 1.82) is 0 Å². The quantitative estimate of drug-likeness (QED) is 0.635. The molecule has 1 aromatic carbocycles. The van der Waals surface area contributed by atoms with Crippen LogP contribution in [0.2, 0.25) is 0 Å². The van der Waals surface area contributed by atoms with Gasteiger partial charge in [0.25, 0.3) is 0 Å². The maximum atomic E-state index is 13.0. The summed E-state index contributed by atoms with van der Waals surface area (Å²) < 4.78 is 50.0. The number of hydrogen-bond acceptors (Lipinski definition) is 6. The van der Waals surface area contributed by atoms with Crippen molar-refractivity contribution in [2.24, 2.45) is 0 Å². The van der Waals surface area contributed by atoms with Gasteiger partial charge in [-0.3, -0.25) is 14.8 Å². The predicted molar refractivity (Wildman–Crippen MR) is 108 cm³/mol. The first-order chi connectivity index (χ1) is 14.8. The van der Waals surface area contributed by atoms with Crippen molar-refractivity contribution in [3.63, 3.8) is 0 Å². The lowest BCUT2D eigenvalue weighted by Crippen LogP contribution is -2.46. The lowest BCUT2D eigenvalue weighted by Gasteiger charge is -2.30. The van der Waals surface area contributed by atoms with Gasteiger partial charge in [0.2, 0.25) is 5.91 Å². The van der Waals surface area contributed by atoms with Crippen LogP contribution in [0.25, 0.3) is 10.9 Å². The van der Waals surface area contributed by atoms with Crippen molar-refractivity contribution in [2.75, 3.05) is 45.3 Å². The van der Waals surface area contributed by atoms with Crippen LogP contribution >= 0.6 is 0 Å². The molecule has 0 spiro atoms. The minimum Gasteiger partial charge on any atom is -0.381 e. The van der Waals surface area contributed by atoms with E-state index in [2.05, 4.69) is 25.7 Å². The Morgan fingerprint density at radius 1 is 1.32 bits per heavy atom. The number of methoxy groups -OCH3 is 1. The van der Waals surface area contributed by atoms with Gasteiger partial charge < -0.3 is 20.1 Å². The molecule has 0 unspecified atom stereocenters. The summed E-state index contributed by atoms with van der Waals surface area (Å²) in [5, 5.41) is 12.8. The van der Waals surface area contributed by atoms with E-state index in [1.165, 1.54) is 6.07 Å². The van der Waals surface area contributed by atoms with Crippen LogP contribution in [-0.4, -0.2) is 79.1 Å². The monoisotopic (exact) mass is 441 g/mol. The molecule has 0 saturated carbocycles. The molecule has 2 aliphatic rings. The molecule has 1 amide bonds. The van der Waals surface area contributed by atoms with Gasteiger partial charge >= 0.3 is 6.18 Å². The molecule has 2 fully saturated rings. The van der Waals surface area contributed by atoms with Gasteiger partial charge in [-0.1, -0.05) is 0 Å². The largest absolute Gasteiger partial charge is 0.416 e. The number of anilines is 1. The van der Waals surface area contributed by atoms with E-state index in [0.29, 0.717) is 18.1 Å². The van der Waals surface area contributed by atoms with Gasteiger partial charge in [-0.2, -0.15) is 18.3 Å². The number of aromatic amines is 1. The Bertz CT molecular complexity index is 913. The minimum atomic E-state index is -4.45. The summed E-state index contributed by atoms with van der Waals surface area (Å²) in [6, 6.07) is 3.59. The van der Waals surface area contributed by atoms with Crippen LogP contribution in [0, 0.1) is 0 Å². The highest BCUT2D eigenvalue weighted by atomic mass is 19.4. The number of hydrogen-bond donors (Lipinski definition) is 3. The number of carbonyl (C=O) groups is 1. The number of fused-ring (bicyclic) bond motifs is 1. The maximum absolute atomic E-state index is 13.0. The number of carbonyl (C=O) groups excluding carboxylic acids is 1. The third kappa shape index (κ3) is 4.94. The van der Waals surface area contributed by atoms with Gasteiger partial charge in [0.1, 0.15) is 0 Å². The number of halogens is 3. The molecular formula is C20H26F3N5O3. The van der Waals surface area contributed by atoms with Crippen molar-refractivity contribution in [1.82, 2.24) is 20.4 Å². The molecule has 31 heavy (non-hydrogen) atoms. The average molecular weight is 441 g/mol. The molecule has 1 aromatic heterocycles. The minimum absolute atomic E-state index is 0.111. The Morgan fingerprint density at radius 2 is 2.10 bits per heavy atom.